The minimum atomic E-state index is 0.687. The topological polar surface area (TPSA) is 28.6 Å². The van der Waals surface area contributed by atoms with E-state index in [9.17, 15) is 0 Å². The number of rotatable bonds is 2. The first-order valence-electron chi connectivity index (χ1n) is 5.08. The Balaban J connectivity index is 1.90. The van der Waals surface area contributed by atoms with Gasteiger partial charge >= 0.3 is 0 Å². The van der Waals surface area contributed by atoms with E-state index in [4.69, 9.17) is 0 Å². The normalized spacial score (nSPS) is 18.5. The molecule has 1 aromatic rings. The van der Waals surface area contributed by atoms with Crippen LogP contribution in [0.2, 0.25) is 0 Å². The van der Waals surface area contributed by atoms with E-state index in [0.29, 0.717) is 6.04 Å². The molecule has 3 N–H and O–H groups in total. The molecule has 0 radical (unpaired) electrons. The zero-order chi connectivity index (χ0) is 8.93. The number of quaternary nitrogens is 1. The Morgan fingerprint density at radius 1 is 1.08 bits per heavy atom. The first-order valence-corrected chi connectivity index (χ1v) is 5.08. The third kappa shape index (κ3) is 2.46. The quantitative estimate of drug-likeness (QED) is 0.688. The molecule has 0 aromatic heterocycles. The predicted octanol–water partition coefficient (Wildman–Crippen LogP) is 0.824. The van der Waals surface area contributed by atoms with Gasteiger partial charge in [-0.25, -0.2) is 0 Å². The van der Waals surface area contributed by atoms with Crippen LogP contribution >= 0.6 is 0 Å². The molecule has 0 bridgehead atoms. The molecule has 0 saturated carbocycles. The van der Waals surface area contributed by atoms with Gasteiger partial charge in [0.05, 0.1) is 13.1 Å². The minimum absolute atomic E-state index is 0.687. The van der Waals surface area contributed by atoms with Crippen LogP contribution in [0.3, 0.4) is 0 Å². The van der Waals surface area contributed by atoms with E-state index in [1.807, 2.05) is 0 Å². The highest BCUT2D eigenvalue weighted by atomic mass is 15.0. The second kappa shape index (κ2) is 4.28. The van der Waals surface area contributed by atoms with Crippen LogP contribution in [0.25, 0.3) is 0 Å². The highest BCUT2D eigenvalue weighted by molar-refractivity contribution is 5.43. The summed E-state index contributed by atoms with van der Waals surface area (Å²) in [5.74, 6) is 0. The lowest BCUT2D eigenvalue weighted by molar-refractivity contribution is -0.662. The van der Waals surface area contributed by atoms with E-state index in [1.165, 1.54) is 31.6 Å². The molecule has 2 nitrogen and oxygen atoms in total. The smallest absolute Gasteiger partial charge is 0.0775 e. The van der Waals surface area contributed by atoms with Crippen molar-refractivity contribution in [2.75, 3.05) is 18.4 Å². The van der Waals surface area contributed by atoms with Crippen LogP contribution in [-0.4, -0.2) is 19.1 Å². The van der Waals surface area contributed by atoms with Crippen molar-refractivity contribution in [3.8, 4) is 0 Å². The van der Waals surface area contributed by atoms with Gasteiger partial charge in [-0.3, -0.25) is 0 Å². The second-order valence-electron chi connectivity index (χ2n) is 3.65. The van der Waals surface area contributed by atoms with Gasteiger partial charge in [0.1, 0.15) is 0 Å². The van der Waals surface area contributed by atoms with Gasteiger partial charge in [-0.1, -0.05) is 18.2 Å². The Morgan fingerprint density at radius 2 is 1.77 bits per heavy atom. The highest BCUT2D eigenvalue weighted by Crippen LogP contribution is 2.10. The maximum atomic E-state index is 3.56. The first kappa shape index (κ1) is 8.57. The zero-order valence-electron chi connectivity index (χ0n) is 7.87. The SMILES string of the molecule is c1ccc(NC2CC[NH2+]CC2)cc1. The first-order chi connectivity index (χ1) is 6.45. The van der Waals surface area contributed by atoms with Crippen LogP contribution in [0.4, 0.5) is 5.69 Å². The van der Waals surface area contributed by atoms with Gasteiger partial charge < -0.3 is 10.6 Å². The molecule has 0 aliphatic carbocycles. The van der Waals surface area contributed by atoms with Crippen molar-refractivity contribution in [2.24, 2.45) is 0 Å². The van der Waals surface area contributed by atoms with E-state index >= 15 is 0 Å². The third-order valence-electron chi connectivity index (χ3n) is 2.58. The van der Waals surface area contributed by atoms with E-state index in [1.54, 1.807) is 0 Å². The van der Waals surface area contributed by atoms with E-state index in [-0.39, 0.29) is 0 Å². The highest BCUT2D eigenvalue weighted by Gasteiger charge is 2.14. The number of hydrogen-bond acceptors (Lipinski definition) is 1. The number of para-hydroxylation sites is 1. The molecule has 13 heavy (non-hydrogen) atoms. The van der Waals surface area contributed by atoms with Crippen molar-refractivity contribution >= 4 is 5.69 Å². The van der Waals surface area contributed by atoms with Crippen molar-refractivity contribution < 1.29 is 5.32 Å². The summed E-state index contributed by atoms with van der Waals surface area (Å²) in [7, 11) is 0. The van der Waals surface area contributed by atoms with E-state index in [2.05, 4.69) is 41.0 Å². The molecule has 70 valence electrons. The number of piperidine rings is 1. The Labute approximate surface area is 79.4 Å². The summed E-state index contributed by atoms with van der Waals surface area (Å²) in [5, 5.41) is 5.95. The van der Waals surface area contributed by atoms with Gasteiger partial charge in [0, 0.05) is 24.6 Å². The zero-order valence-corrected chi connectivity index (χ0v) is 7.87. The van der Waals surface area contributed by atoms with Crippen LogP contribution in [0.1, 0.15) is 12.8 Å². The monoisotopic (exact) mass is 177 g/mol. The van der Waals surface area contributed by atoms with Gasteiger partial charge in [-0.05, 0) is 12.1 Å². The second-order valence-corrected chi connectivity index (χ2v) is 3.65. The molecule has 1 aliphatic rings. The molecule has 1 aromatic carbocycles. The van der Waals surface area contributed by atoms with Gasteiger partial charge in [0.25, 0.3) is 0 Å². The fraction of sp³-hybridized carbons (Fsp3) is 0.455. The number of benzene rings is 1. The number of anilines is 1. The van der Waals surface area contributed by atoms with Crippen molar-refractivity contribution in [2.45, 2.75) is 18.9 Å². The molecule has 1 fully saturated rings. The number of nitrogens with one attached hydrogen (secondary N) is 1. The predicted molar refractivity (Wildman–Crippen MR) is 54.7 cm³/mol. The van der Waals surface area contributed by atoms with Crippen molar-refractivity contribution in [3.63, 3.8) is 0 Å². The van der Waals surface area contributed by atoms with Crippen LogP contribution in [0.15, 0.2) is 30.3 Å². The molecule has 0 atom stereocenters. The van der Waals surface area contributed by atoms with Crippen molar-refractivity contribution in [1.82, 2.24) is 0 Å². The number of hydrogen-bond donors (Lipinski definition) is 2. The standard InChI is InChI=1S/C11H16N2/c1-2-4-10(5-3-1)13-11-6-8-12-9-7-11/h1-5,11-13H,6-9H2/p+1. The molecular weight excluding hydrogens is 160 g/mol. The molecule has 0 unspecified atom stereocenters. The Bertz CT molecular complexity index is 240. The summed E-state index contributed by atoms with van der Waals surface area (Å²) in [6.45, 7) is 2.54. The molecule has 1 saturated heterocycles. The Hall–Kier alpha value is -1.02. The van der Waals surface area contributed by atoms with E-state index < -0.39 is 0 Å². The minimum Gasteiger partial charge on any atom is -0.382 e. The fourth-order valence-corrected chi connectivity index (χ4v) is 1.84. The fourth-order valence-electron chi connectivity index (χ4n) is 1.84. The van der Waals surface area contributed by atoms with Crippen LogP contribution < -0.4 is 10.6 Å². The Morgan fingerprint density at radius 3 is 2.46 bits per heavy atom. The summed E-state index contributed by atoms with van der Waals surface area (Å²) in [5.41, 5.74) is 1.26. The summed E-state index contributed by atoms with van der Waals surface area (Å²) in [6, 6.07) is 11.2. The molecular formula is C11H17N2+. The lowest BCUT2D eigenvalue weighted by Gasteiger charge is -2.22. The average molecular weight is 177 g/mol. The van der Waals surface area contributed by atoms with Gasteiger partial charge in [0.15, 0.2) is 0 Å². The van der Waals surface area contributed by atoms with Crippen LogP contribution in [-0.2, 0) is 0 Å². The molecule has 0 spiro atoms. The summed E-state index contributed by atoms with van der Waals surface area (Å²) in [4.78, 5) is 0. The van der Waals surface area contributed by atoms with Crippen LogP contribution in [0, 0.1) is 0 Å². The average Bonchev–Trinajstić information content (AvgIpc) is 2.21. The third-order valence-corrected chi connectivity index (χ3v) is 2.58. The Kier molecular flexibility index (Phi) is 2.82. The lowest BCUT2D eigenvalue weighted by atomic mass is 10.1. The maximum absolute atomic E-state index is 3.56. The maximum Gasteiger partial charge on any atom is 0.0775 e. The van der Waals surface area contributed by atoms with Crippen molar-refractivity contribution in [1.29, 1.82) is 0 Å². The van der Waals surface area contributed by atoms with Gasteiger partial charge in [-0.15, -0.1) is 0 Å². The largest absolute Gasteiger partial charge is 0.382 e. The molecule has 0 amide bonds. The summed E-state index contributed by atoms with van der Waals surface area (Å²) < 4.78 is 0. The van der Waals surface area contributed by atoms with Gasteiger partial charge in [-0.2, -0.15) is 0 Å². The summed E-state index contributed by atoms with van der Waals surface area (Å²) in [6.07, 6.45) is 2.57. The molecule has 2 heteroatoms. The van der Waals surface area contributed by atoms with Crippen molar-refractivity contribution in [3.05, 3.63) is 30.3 Å². The molecule has 2 rings (SSSR count). The lowest BCUT2D eigenvalue weighted by Crippen LogP contribution is -2.87. The summed E-state index contributed by atoms with van der Waals surface area (Å²) >= 11 is 0. The van der Waals surface area contributed by atoms with Crippen LogP contribution in [0.5, 0.6) is 0 Å². The molecule has 1 heterocycles. The number of nitrogens with two attached hydrogens (primary N) is 1. The van der Waals surface area contributed by atoms with Gasteiger partial charge in [0.2, 0.25) is 0 Å². The molecule has 1 aliphatic heterocycles. The van der Waals surface area contributed by atoms with E-state index in [0.717, 1.165) is 0 Å².